The topological polar surface area (TPSA) is 37.4 Å². The number of quaternary nitrogens is 1. The summed E-state index contributed by atoms with van der Waals surface area (Å²) in [4.78, 5) is 2.34. The molecular formula is C18H27N2O2S+. The molecule has 5 heteroatoms. The van der Waals surface area contributed by atoms with Gasteiger partial charge in [0.1, 0.15) is 0 Å². The fourth-order valence-corrected chi connectivity index (χ4v) is 6.88. The first-order valence-electron chi connectivity index (χ1n) is 8.47. The molecular weight excluding hydrogens is 308 g/mol. The molecule has 1 unspecified atom stereocenters. The molecule has 0 N–H and O–H groups in total. The van der Waals surface area contributed by atoms with Crippen molar-refractivity contribution < 1.29 is 12.3 Å². The van der Waals surface area contributed by atoms with Gasteiger partial charge in [-0.2, -0.15) is 12.3 Å². The molecule has 2 heterocycles. The number of hydrogen-bond acceptors (Lipinski definition) is 3. The molecule has 4 nitrogen and oxygen atoms in total. The lowest BCUT2D eigenvalue weighted by atomic mass is 9.87. The second-order valence-electron chi connectivity index (χ2n) is 6.97. The highest BCUT2D eigenvalue weighted by Gasteiger charge is 2.74. The van der Waals surface area contributed by atoms with E-state index < -0.39 is 15.4 Å². The third kappa shape index (κ3) is 2.02. The van der Waals surface area contributed by atoms with E-state index in [0.717, 1.165) is 23.4 Å². The van der Waals surface area contributed by atoms with Crippen LogP contribution in [0.25, 0.3) is 5.57 Å². The van der Waals surface area contributed by atoms with Gasteiger partial charge in [-0.1, -0.05) is 18.2 Å². The van der Waals surface area contributed by atoms with Crippen LogP contribution >= 0.6 is 0 Å². The lowest BCUT2D eigenvalue weighted by Gasteiger charge is -2.42. The molecule has 0 bridgehead atoms. The Morgan fingerprint density at radius 1 is 1.13 bits per heavy atom. The highest BCUT2D eigenvalue weighted by Crippen LogP contribution is 2.53. The smallest absolute Gasteiger partial charge is 0.358 e. The number of fused-ring (bicyclic) bond motifs is 1. The SMILES string of the molecule is CCN1c2ccccc2C(C2[N+](CC)(CC)S2(=O)=O)=CC1(C)C. The number of anilines is 1. The van der Waals surface area contributed by atoms with Crippen molar-refractivity contribution in [2.45, 2.75) is 45.5 Å². The normalized spacial score (nSPS) is 26.4. The van der Waals surface area contributed by atoms with Crippen LogP contribution in [0.5, 0.6) is 0 Å². The summed E-state index contributed by atoms with van der Waals surface area (Å²) in [5.41, 5.74) is 3.02. The minimum absolute atomic E-state index is 0.187. The molecule has 1 fully saturated rings. The van der Waals surface area contributed by atoms with Gasteiger partial charge in [0.2, 0.25) is 0 Å². The zero-order valence-electron chi connectivity index (χ0n) is 14.7. The van der Waals surface area contributed by atoms with E-state index in [1.54, 1.807) is 0 Å². The summed E-state index contributed by atoms with van der Waals surface area (Å²) >= 11 is 0. The molecule has 0 saturated carbocycles. The minimum Gasteiger partial charge on any atom is -0.363 e. The highest BCUT2D eigenvalue weighted by molar-refractivity contribution is 7.92. The summed E-state index contributed by atoms with van der Waals surface area (Å²) in [6.07, 6.45) is 2.17. The van der Waals surface area contributed by atoms with E-state index in [1.807, 2.05) is 26.0 Å². The number of nitrogens with zero attached hydrogens (tertiary/aromatic N) is 2. The maximum Gasteiger partial charge on any atom is 0.358 e. The van der Waals surface area contributed by atoms with Crippen molar-refractivity contribution in [3.05, 3.63) is 35.9 Å². The van der Waals surface area contributed by atoms with E-state index in [-0.39, 0.29) is 9.43 Å². The largest absolute Gasteiger partial charge is 0.363 e. The molecule has 126 valence electrons. The van der Waals surface area contributed by atoms with Crippen LogP contribution < -0.4 is 4.90 Å². The number of hydrogen-bond donors (Lipinski definition) is 0. The van der Waals surface area contributed by atoms with Gasteiger partial charge < -0.3 is 4.90 Å². The number of sulfonamides is 1. The third-order valence-electron chi connectivity index (χ3n) is 5.53. The molecule has 0 aliphatic carbocycles. The third-order valence-corrected chi connectivity index (χ3v) is 8.28. The van der Waals surface area contributed by atoms with Crippen molar-refractivity contribution in [1.82, 2.24) is 0 Å². The summed E-state index contributed by atoms with van der Waals surface area (Å²) in [5.74, 6) is 0. The molecule has 0 radical (unpaired) electrons. The van der Waals surface area contributed by atoms with Crippen LogP contribution in [0, 0.1) is 0 Å². The zero-order valence-corrected chi connectivity index (χ0v) is 15.5. The van der Waals surface area contributed by atoms with Crippen LogP contribution in [0.1, 0.15) is 40.2 Å². The molecule has 0 spiro atoms. The molecule has 1 saturated heterocycles. The minimum atomic E-state index is -3.13. The van der Waals surface area contributed by atoms with Crippen molar-refractivity contribution in [1.29, 1.82) is 0 Å². The maximum atomic E-state index is 12.8. The molecule has 2 aliphatic rings. The van der Waals surface area contributed by atoms with E-state index in [9.17, 15) is 8.42 Å². The molecule has 0 amide bonds. The number of para-hydroxylation sites is 1. The lowest BCUT2D eigenvalue weighted by molar-refractivity contribution is -0.741. The first kappa shape index (κ1) is 16.5. The van der Waals surface area contributed by atoms with Gasteiger partial charge in [-0.3, -0.25) is 0 Å². The van der Waals surface area contributed by atoms with Crippen molar-refractivity contribution in [2.24, 2.45) is 0 Å². The highest BCUT2D eigenvalue weighted by atomic mass is 32.2. The van der Waals surface area contributed by atoms with Crippen LogP contribution in [-0.2, 0) is 10.0 Å². The molecule has 2 aliphatic heterocycles. The van der Waals surface area contributed by atoms with E-state index in [4.69, 9.17) is 0 Å². The Hall–Kier alpha value is -1.33. The summed E-state index contributed by atoms with van der Waals surface area (Å²) in [5, 5.41) is -0.406. The first-order chi connectivity index (χ1) is 10.8. The van der Waals surface area contributed by atoms with Crippen molar-refractivity contribution in [3.8, 4) is 0 Å². The monoisotopic (exact) mass is 335 g/mol. The molecule has 1 aromatic rings. The predicted octanol–water partition coefficient (Wildman–Crippen LogP) is 3.21. The summed E-state index contributed by atoms with van der Waals surface area (Å²) in [6, 6.07) is 8.20. The number of rotatable bonds is 4. The Labute approximate surface area is 140 Å². The second kappa shape index (κ2) is 5.08. The Bertz CT molecular complexity index is 761. The van der Waals surface area contributed by atoms with Crippen LogP contribution in [0.3, 0.4) is 0 Å². The fraction of sp³-hybridized carbons (Fsp3) is 0.556. The summed E-state index contributed by atoms with van der Waals surface area (Å²) in [6.45, 7) is 12.6. The van der Waals surface area contributed by atoms with Gasteiger partial charge in [-0.05, 0) is 46.8 Å². The molecule has 1 aromatic carbocycles. The van der Waals surface area contributed by atoms with Gasteiger partial charge in [-0.25, -0.2) is 0 Å². The predicted molar refractivity (Wildman–Crippen MR) is 95.6 cm³/mol. The Morgan fingerprint density at radius 2 is 1.74 bits per heavy atom. The van der Waals surface area contributed by atoms with Crippen molar-refractivity contribution >= 4 is 21.3 Å². The lowest BCUT2D eigenvalue weighted by Crippen LogP contribution is -2.45. The van der Waals surface area contributed by atoms with E-state index >= 15 is 0 Å². The van der Waals surface area contributed by atoms with Gasteiger partial charge in [0.05, 0.1) is 18.6 Å². The number of benzene rings is 1. The molecule has 23 heavy (non-hydrogen) atoms. The summed E-state index contributed by atoms with van der Waals surface area (Å²) in [7, 11) is -3.13. The quantitative estimate of drug-likeness (QED) is 0.626. The Kier molecular flexibility index (Phi) is 3.65. The van der Waals surface area contributed by atoms with Crippen molar-refractivity contribution in [2.75, 3.05) is 24.5 Å². The fourth-order valence-electron chi connectivity index (χ4n) is 4.28. The van der Waals surface area contributed by atoms with Crippen LogP contribution in [0.2, 0.25) is 0 Å². The van der Waals surface area contributed by atoms with E-state index in [1.165, 1.54) is 0 Å². The van der Waals surface area contributed by atoms with Gasteiger partial charge in [0.25, 0.3) is 5.37 Å². The number of likely N-dealkylation sites (N-methyl/N-ethyl adjacent to an activating group) is 2. The van der Waals surface area contributed by atoms with Gasteiger partial charge in [0.15, 0.2) is 0 Å². The first-order valence-corrected chi connectivity index (χ1v) is 9.97. The van der Waals surface area contributed by atoms with Gasteiger partial charge in [0, 0.05) is 23.4 Å². The van der Waals surface area contributed by atoms with Gasteiger partial charge in [-0.15, -0.1) is 0 Å². The second-order valence-corrected chi connectivity index (χ2v) is 9.17. The molecule has 0 aromatic heterocycles. The van der Waals surface area contributed by atoms with Gasteiger partial charge >= 0.3 is 10.0 Å². The van der Waals surface area contributed by atoms with E-state index in [2.05, 4.69) is 43.9 Å². The standard InChI is InChI=1S/C18H27N2O2S/c1-6-19-16-12-10-9-11-14(16)15(13-18(19,4)5)17-20(7-2,8-3)23(17,21)22/h9-13,17H,6-8H2,1-5H3/q+1. The summed E-state index contributed by atoms with van der Waals surface area (Å²) < 4.78 is 25.7. The average Bonchev–Trinajstić information content (AvgIpc) is 3.01. The van der Waals surface area contributed by atoms with Crippen LogP contribution in [-0.4, -0.2) is 42.9 Å². The maximum absolute atomic E-state index is 12.8. The Morgan fingerprint density at radius 3 is 2.26 bits per heavy atom. The van der Waals surface area contributed by atoms with Crippen LogP contribution in [0.4, 0.5) is 5.69 Å². The molecule has 1 atom stereocenters. The van der Waals surface area contributed by atoms with Crippen molar-refractivity contribution in [3.63, 3.8) is 0 Å². The molecule has 3 rings (SSSR count). The van der Waals surface area contributed by atoms with Crippen LogP contribution in [0.15, 0.2) is 30.3 Å². The average molecular weight is 335 g/mol. The Balaban J connectivity index is 2.20. The van der Waals surface area contributed by atoms with E-state index in [0.29, 0.717) is 13.1 Å². The zero-order chi connectivity index (χ0) is 17.0.